The van der Waals surface area contributed by atoms with E-state index in [1.165, 1.54) is 31.3 Å². The first-order valence-corrected chi connectivity index (χ1v) is 12.0. The maximum atomic E-state index is 12.3. The van der Waals surface area contributed by atoms with E-state index in [2.05, 4.69) is 31.3 Å². The summed E-state index contributed by atoms with van der Waals surface area (Å²) in [4.78, 5) is 12.3. The van der Waals surface area contributed by atoms with Crippen LogP contribution in [0.1, 0.15) is 86.0 Å². The average Bonchev–Trinajstić information content (AvgIpc) is 3.00. The van der Waals surface area contributed by atoms with Gasteiger partial charge in [-0.25, -0.2) is 0 Å². The Morgan fingerprint density at radius 3 is 2.50 bits per heavy atom. The lowest BCUT2D eigenvalue weighted by molar-refractivity contribution is -0.128. The largest absolute Gasteiger partial charge is 0.393 e. The molecular weight excluding hydrogens is 374 g/mol. The highest BCUT2D eigenvalue weighted by molar-refractivity contribution is 5.81. The molecule has 4 heteroatoms. The lowest BCUT2D eigenvalue weighted by atomic mass is 9.61. The number of allylic oxidation sites excluding steroid dienone is 3. The van der Waals surface area contributed by atoms with E-state index in [1.807, 2.05) is 20.8 Å². The van der Waals surface area contributed by atoms with Gasteiger partial charge < -0.3 is 15.5 Å². The molecule has 0 aromatic heterocycles. The summed E-state index contributed by atoms with van der Waals surface area (Å²) in [5, 5.41) is 23.1. The number of fused-ring (bicyclic) bond motifs is 1. The minimum atomic E-state index is -0.407. The first-order chi connectivity index (χ1) is 14.0. The Morgan fingerprint density at radius 1 is 1.20 bits per heavy atom. The molecule has 0 saturated heterocycles. The molecule has 3 rings (SSSR count). The number of carbonyl (C=O) groups is 1. The zero-order valence-corrected chi connectivity index (χ0v) is 19.7. The van der Waals surface area contributed by atoms with Crippen molar-refractivity contribution in [1.82, 2.24) is 5.32 Å². The van der Waals surface area contributed by atoms with E-state index in [0.29, 0.717) is 42.4 Å². The van der Waals surface area contributed by atoms with E-state index >= 15 is 0 Å². The Kier molecular flexibility index (Phi) is 7.18. The summed E-state index contributed by atoms with van der Waals surface area (Å²) in [6, 6.07) is 0. The van der Waals surface area contributed by atoms with Gasteiger partial charge in [0, 0.05) is 12.0 Å². The van der Waals surface area contributed by atoms with E-state index in [-0.39, 0.29) is 11.3 Å². The van der Waals surface area contributed by atoms with Gasteiger partial charge in [-0.1, -0.05) is 57.9 Å². The van der Waals surface area contributed by atoms with Gasteiger partial charge in [0.05, 0.1) is 12.2 Å². The number of rotatable bonds is 4. The van der Waals surface area contributed by atoms with Gasteiger partial charge in [0.1, 0.15) is 0 Å². The molecule has 4 nitrogen and oxygen atoms in total. The highest BCUT2D eigenvalue weighted by atomic mass is 16.3. The van der Waals surface area contributed by atoms with Crippen molar-refractivity contribution in [3.05, 3.63) is 23.3 Å². The van der Waals surface area contributed by atoms with E-state index in [9.17, 15) is 15.0 Å². The topological polar surface area (TPSA) is 69.6 Å². The quantitative estimate of drug-likeness (QED) is 0.618. The molecule has 0 aliphatic heterocycles. The molecule has 3 aliphatic carbocycles. The molecule has 0 aromatic carbocycles. The Morgan fingerprint density at radius 2 is 1.87 bits per heavy atom. The smallest absolute Gasteiger partial charge is 0.225 e. The molecule has 0 aromatic rings. The second kappa shape index (κ2) is 9.16. The maximum absolute atomic E-state index is 12.3. The number of nitrogens with one attached hydrogen (secondary N) is 1. The molecule has 3 aliphatic rings. The third-order valence-corrected chi connectivity index (χ3v) is 8.06. The fourth-order valence-electron chi connectivity index (χ4n) is 6.41. The number of hydrogen-bond acceptors (Lipinski definition) is 3. The second-order valence-corrected chi connectivity index (χ2v) is 11.6. The van der Waals surface area contributed by atoms with E-state index in [0.717, 1.165) is 13.0 Å². The summed E-state index contributed by atoms with van der Waals surface area (Å²) < 4.78 is 0. The Labute approximate surface area is 183 Å². The Bertz CT molecular complexity index is 677. The van der Waals surface area contributed by atoms with Crippen molar-refractivity contribution in [2.24, 2.45) is 28.6 Å². The van der Waals surface area contributed by atoms with Crippen LogP contribution < -0.4 is 5.32 Å². The molecule has 3 fully saturated rings. The molecule has 30 heavy (non-hydrogen) atoms. The summed E-state index contributed by atoms with van der Waals surface area (Å²) in [6.07, 6.45) is 11.7. The number of aliphatic hydroxyl groups excluding tert-OH is 2. The standard InChI is InChI=1S/C26H43NO3/c1-17(16-27-24(30)25(2,3)4)22-10-11-23-19(7-6-12-26(22,23)5)9-8-18-13-20(28)15-21(29)14-18/h8-9,17,20-23,28-29H,6-7,10-16H2,1-5H3,(H,27,30)/t17-,20-,21-,22-,23?,26-/m1/s1. The van der Waals surface area contributed by atoms with Crippen LogP contribution in [-0.2, 0) is 4.79 Å². The monoisotopic (exact) mass is 417 g/mol. The summed E-state index contributed by atoms with van der Waals surface area (Å²) in [5.74, 6) is 1.87. The van der Waals surface area contributed by atoms with Crippen LogP contribution in [0.2, 0.25) is 0 Å². The molecule has 170 valence electrons. The minimum absolute atomic E-state index is 0.141. The number of hydrogen-bond donors (Lipinski definition) is 3. The highest BCUT2D eigenvalue weighted by Crippen LogP contribution is 2.59. The third-order valence-electron chi connectivity index (χ3n) is 8.06. The molecule has 0 radical (unpaired) electrons. The predicted molar refractivity (Wildman–Crippen MR) is 122 cm³/mol. The van der Waals surface area contributed by atoms with Crippen LogP contribution in [0.15, 0.2) is 23.3 Å². The number of carbonyl (C=O) groups excluding carboxylic acids is 1. The third kappa shape index (κ3) is 5.19. The van der Waals surface area contributed by atoms with Crippen LogP contribution in [0, 0.1) is 28.6 Å². The molecule has 0 spiro atoms. The van der Waals surface area contributed by atoms with Gasteiger partial charge in [-0.15, -0.1) is 0 Å². The summed E-state index contributed by atoms with van der Waals surface area (Å²) in [7, 11) is 0. The molecule has 3 N–H and O–H groups in total. The molecule has 0 bridgehead atoms. The molecule has 6 atom stereocenters. The normalized spacial score (nSPS) is 37.0. The van der Waals surface area contributed by atoms with E-state index < -0.39 is 12.2 Å². The van der Waals surface area contributed by atoms with Gasteiger partial charge in [0.15, 0.2) is 0 Å². The number of amides is 1. The summed E-state index contributed by atoms with van der Waals surface area (Å²) in [6.45, 7) is 11.5. The summed E-state index contributed by atoms with van der Waals surface area (Å²) in [5.41, 5.74) is 2.70. The van der Waals surface area contributed by atoms with Crippen LogP contribution in [0.25, 0.3) is 0 Å². The van der Waals surface area contributed by atoms with Crippen molar-refractivity contribution >= 4 is 5.91 Å². The SMILES string of the molecule is C[C@H](CNC(=O)C(C)(C)C)[C@H]1CCC2C(=CC=C3C[C@@H](O)C[C@H](O)C3)CCC[C@@]21C. The zero-order chi connectivity index (χ0) is 22.1. The molecular formula is C26H43NO3. The van der Waals surface area contributed by atoms with Crippen molar-refractivity contribution < 1.29 is 15.0 Å². The number of aliphatic hydroxyl groups is 2. The van der Waals surface area contributed by atoms with Gasteiger partial charge in [0.2, 0.25) is 5.91 Å². The van der Waals surface area contributed by atoms with Crippen molar-refractivity contribution in [3.63, 3.8) is 0 Å². The second-order valence-electron chi connectivity index (χ2n) is 11.6. The maximum Gasteiger partial charge on any atom is 0.225 e. The van der Waals surface area contributed by atoms with Gasteiger partial charge in [0.25, 0.3) is 0 Å². The Balaban J connectivity index is 1.68. The van der Waals surface area contributed by atoms with Crippen molar-refractivity contribution in [2.75, 3.05) is 6.54 Å². The first-order valence-electron chi connectivity index (χ1n) is 12.0. The first kappa shape index (κ1) is 23.5. The van der Waals surface area contributed by atoms with Crippen LogP contribution >= 0.6 is 0 Å². The van der Waals surface area contributed by atoms with Crippen LogP contribution in [0.3, 0.4) is 0 Å². The minimum Gasteiger partial charge on any atom is -0.393 e. The average molecular weight is 418 g/mol. The van der Waals surface area contributed by atoms with Gasteiger partial charge >= 0.3 is 0 Å². The van der Waals surface area contributed by atoms with Crippen LogP contribution in [0.4, 0.5) is 0 Å². The lowest BCUT2D eigenvalue weighted by Gasteiger charge is -2.44. The van der Waals surface area contributed by atoms with Gasteiger partial charge in [-0.05, 0) is 74.5 Å². The molecule has 1 unspecified atom stereocenters. The van der Waals surface area contributed by atoms with Gasteiger partial charge in [-0.2, -0.15) is 0 Å². The van der Waals surface area contributed by atoms with Crippen molar-refractivity contribution in [3.8, 4) is 0 Å². The van der Waals surface area contributed by atoms with Gasteiger partial charge in [-0.3, -0.25) is 4.79 Å². The van der Waals surface area contributed by atoms with Crippen LogP contribution in [0.5, 0.6) is 0 Å². The van der Waals surface area contributed by atoms with Crippen molar-refractivity contribution in [1.29, 1.82) is 0 Å². The van der Waals surface area contributed by atoms with Crippen LogP contribution in [-0.4, -0.2) is 34.9 Å². The molecule has 1 amide bonds. The van der Waals surface area contributed by atoms with E-state index in [4.69, 9.17) is 0 Å². The molecule has 3 saturated carbocycles. The fraction of sp³-hybridized carbons (Fsp3) is 0.808. The van der Waals surface area contributed by atoms with Crippen molar-refractivity contribution in [2.45, 2.75) is 98.2 Å². The predicted octanol–water partition coefficient (Wildman–Crippen LogP) is 4.76. The fourth-order valence-corrected chi connectivity index (χ4v) is 6.41. The highest BCUT2D eigenvalue weighted by Gasteiger charge is 2.50. The molecule has 0 heterocycles. The Hall–Kier alpha value is -1.13. The lowest BCUT2D eigenvalue weighted by Crippen LogP contribution is -2.42. The summed E-state index contributed by atoms with van der Waals surface area (Å²) >= 11 is 0. The van der Waals surface area contributed by atoms with E-state index in [1.54, 1.807) is 5.57 Å². The zero-order valence-electron chi connectivity index (χ0n) is 19.7.